The van der Waals surface area contributed by atoms with E-state index in [0.29, 0.717) is 17.6 Å². The van der Waals surface area contributed by atoms with E-state index in [4.69, 9.17) is 4.74 Å². The quantitative estimate of drug-likeness (QED) is 0.222. The number of carbonyl (C=O) groups is 1. The number of rotatable bonds is 13. The van der Waals surface area contributed by atoms with Gasteiger partial charge in [0, 0.05) is 5.57 Å². The molecule has 0 N–H and O–H groups in total. The number of ether oxygens (including phenoxy) is 1. The molecule has 0 aliphatic rings. The van der Waals surface area contributed by atoms with Gasteiger partial charge in [-0.1, -0.05) is 85.1 Å². The molecule has 2 heteroatoms. The van der Waals surface area contributed by atoms with E-state index in [9.17, 15) is 4.79 Å². The molecule has 0 saturated carbocycles. The lowest BCUT2D eigenvalue weighted by atomic mass is 9.89. The summed E-state index contributed by atoms with van der Waals surface area (Å²) in [5.74, 6) is -0.258. The maximum Gasteiger partial charge on any atom is 0.333 e. The van der Waals surface area contributed by atoms with Crippen molar-refractivity contribution < 1.29 is 9.53 Å². The molecule has 0 amide bonds. The Labute approximate surface area is 138 Å². The molecule has 0 unspecified atom stereocenters. The molecule has 0 rings (SSSR count). The Morgan fingerprint density at radius 2 is 1.23 bits per heavy atom. The van der Waals surface area contributed by atoms with Crippen molar-refractivity contribution in [2.45, 2.75) is 98.3 Å². The fourth-order valence-corrected chi connectivity index (χ4v) is 2.46. The smallest absolute Gasteiger partial charge is 0.333 e. The highest BCUT2D eigenvalue weighted by Crippen LogP contribution is 2.22. The summed E-state index contributed by atoms with van der Waals surface area (Å²) in [5, 5.41) is 0. The summed E-state index contributed by atoms with van der Waals surface area (Å²) >= 11 is 0. The molecule has 0 aromatic heterocycles. The van der Waals surface area contributed by atoms with E-state index in [1.165, 1.54) is 57.8 Å². The van der Waals surface area contributed by atoms with Gasteiger partial charge >= 0.3 is 5.97 Å². The summed E-state index contributed by atoms with van der Waals surface area (Å²) in [6.07, 6.45) is 14.4. The molecule has 2 nitrogen and oxygen atoms in total. The van der Waals surface area contributed by atoms with Gasteiger partial charge in [-0.25, -0.2) is 4.79 Å². The molecule has 0 heterocycles. The van der Waals surface area contributed by atoms with Crippen LogP contribution in [0.1, 0.15) is 98.3 Å². The summed E-state index contributed by atoms with van der Waals surface area (Å²) in [5.41, 5.74) is 0.987. The normalized spacial score (nSPS) is 11.5. The van der Waals surface area contributed by atoms with Crippen LogP contribution in [0.25, 0.3) is 0 Å². The van der Waals surface area contributed by atoms with Gasteiger partial charge in [0.15, 0.2) is 0 Å². The van der Waals surface area contributed by atoms with E-state index in [2.05, 4.69) is 27.4 Å². The summed E-state index contributed by atoms with van der Waals surface area (Å²) in [4.78, 5) is 11.2. The van der Waals surface area contributed by atoms with Crippen LogP contribution >= 0.6 is 0 Å². The van der Waals surface area contributed by atoms with Crippen molar-refractivity contribution in [3.63, 3.8) is 0 Å². The van der Waals surface area contributed by atoms with Gasteiger partial charge in [0.2, 0.25) is 0 Å². The van der Waals surface area contributed by atoms with Gasteiger partial charge < -0.3 is 4.74 Å². The lowest BCUT2D eigenvalue weighted by molar-refractivity contribution is -0.139. The summed E-state index contributed by atoms with van der Waals surface area (Å²) in [6.45, 7) is 12.8. The van der Waals surface area contributed by atoms with Gasteiger partial charge in [-0.15, -0.1) is 0 Å². The van der Waals surface area contributed by atoms with Crippen molar-refractivity contribution in [2.75, 3.05) is 6.61 Å². The lowest BCUT2D eigenvalue weighted by Gasteiger charge is -2.17. The largest absolute Gasteiger partial charge is 0.462 e. The standard InChI is InChI=1S/C20H38O2/c1-18(2)19(21)22-17-15-13-11-9-7-6-8-10-12-14-16-20(3,4)5/h1,6-17H2,2-5H3. The van der Waals surface area contributed by atoms with Crippen LogP contribution in [0.15, 0.2) is 12.2 Å². The Morgan fingerprint density at radius 3 is 1.64 bits per heavy atom. The third-order valence-electron chi connectivity index (χ3n) is 3.90. The van der Waals surface area contributed by atoms with Crippen LogP contribution in [-0.4, -0.2) is 12.6 Å². The van der Waals surface area contributed by atoms with Crippen LogP contribution in [0.4, 0.5) is 0 Å². The molecule has 0 aliphatic carbocycles. The van der Waals surface area contributed by atoms with Crippen LogP contribution in [0.3, 0.4) is 0 Å². The minimum Gasteiger partial charge on any atom is -0.462 e. The number of unbranched alkanes of at least 4 members (excludes halogenated alkanes) is 9. The monoisotopic (exact) mass is 310 g/mol. The number of hydrogen-bond donors (Lipinski definition) is 0. The van der Waals surface area contributed by atoms with Crippen molar-refractivity contribution in [3.05, 3.63) is 12.2 Å². The van der Waals surface area contributed by atoms with Crippen LogP contribution in [0.5, 0.6) is 0 Å². The van der Waals surface area contributed by atoms with Crippen LogP contribution < -0.4 is 0 Å². The second-order valence-electron chi connectivity index (χ2n) is 7.76. The minimum absolute atomic E-state index is 0.258. The third kappa shape index (κ3) is 15.6. The van der Waals surface area contributed by atoms with Gasteiger partial charge in [0.25, 0.3) is 0 Å². The SMILES string of the molecule is C=C(C)C(=O)OCCCCCCCCCCCCC(C)(C)C. The van der Waals surface area contributed by atoms with E-state index in [1.807, 2.05) is 0 Å². The first kappa shape index (κ1) is 21.2. The van der Waals surface area contributed by atoms with Gasteiger partial charge in [-0.05, 0) is 25.2 Å². The zero-order valence-corrected chi connectivity index (χ0v) is 15.5. The van der Waals surface area contributed by atoms with Crippen molar-refractivity contribution in [3.8, 4) is 0 Å². The highest BCUT2D eigenvalue weighted by atomic mass is 16.5. The molecular formula is C20H38O2. The maximum absolute atomic E-state index is 11.2. The fraction of sp³-hybridized carbons (Fsp3) is 0.850. The maximum atomic E-state index is 11.2. The molecule has 0 radical (unpaired) electrons. The van der Waals surface area contributed by atoms with E-state index in [1.54, 1.807) is 6.92 Å². The second-order valence-corrected chi connectivity index (χ2v) is 7.76. The Kier molecular flexibility index (Phi) is 12.3. The summed E-state index contributed by atoms with van der Waals surface area (Å²) in [6, 6.07) is 0. The average Bonchev–Trinajstić information content (AvgIpc) is 2.42. The fourth-order valence-electron chi connectivity index (χ4n) is 2.46. The van der Waals surface area contributed by atoms with Crippen molar-refractivity contribution >= 4 is 5.97 Å². The topological polar surface area (TPSA) is 26.3 Å². The van der Waals surface area contributed by atoms with Crippen LogP contribution in [-0.2, 0) is 9.53 Å². The zero-order valence-electron chi connectivity index (χ0n) is 15.5. The molecule has 0 saturated heterocycles. The molecule has 0 aromatic rings. The highest BCUT2D eigenvalue weighted by Gasteiger charge is 2.08. The first-order valence-corrected chi connectivity index (χ1v) is 9.15. The number of esters is 1. The van der Waals surface area contributed by atoms with Crippen molar-refractivity contribution in [2.24, 2.45) is 5.41 Å². The average molecular weight is 311 g/mol. The van der Waals surface area contributed by atoms with Crippen molar-refractivity contribution in [1.82, 2.24) is 0 Å². The molecule has 0 fully saturated rings. The van der Waals surface area contributed by atoms with Gasteiger partial charge in [-0.2, -0.15) is 0 Å². The summed E-state index contributed by atoms with van der Waals surface area (Å²) in [7, 11) is 0. The van der Waals surface area contributed by atoms with E-state index in [-0.39, 0.29) is 5.97 Å². The minimum atomic E-state index is -0.258. The number of hydrogen-bond acceptors (Lipinski definition) is 2. The molecule has 0 aromatic carbocycles. The van der Waals surface area contributed by atoms with Crippen LogP contribution in [0, 0.1) is 5.41 Å². The molecule has 0 atom stereocenters. The molecule has 0 spiro atoms. The molecular weight excluding hydrogens is 272 g/mol. The molecule has 130 valence electrons. The zero-order chi connectivity index (χ0) is 16.8. The molecule has 0 bridgehead atoms. The van der Waals surface area contributed by atoms with Crippen LogP contribution in [0.2, 0.25) is 0 Å². The second kappa shape index (κ2) is 12.7. The van der Waals surface area contributed by atoms with Gasteiger partial charge in [-0.3, -0.25) is 0 Å². The van der Waals surface area contributed by atoms with E-state index < -0.39 is 0 Å². The van der Waals surface area contributed by atoms with E-state index >= 15 is 0 Å². The third-order valence-corrected chi connectivity index (χ3v) is 3.90. The Hall–Kier alpha value is -0.790. The Balaban J connectivity index is 3.15. The predicted molar refractivity (Wildman–Crippen MR) is 96.0 cm³/mol. The number of carbonyl (C=O) groups excluding carboxylic acids is 1. The highest BCUT2D eigenvalue weighted by molar-refractivity contribution is 5.86. The lowest BCUT2D eigenvalue weighted by Crippen LogP contribution is -2.05. The first-order valence-electron chi connectivity index (χ1n) is 9.15. The first-order chi connectivity index (χ1) is 10.3. The molecule has 0 aliphatic heterocycles. The Bertz CT molecular complexity index is 299. The Morgan fingerprint density at radius 1 is 0.818 bits per heavy atom. The van der Waals surface area contributed by atoms with Crippen molar-refractivity contribution in [1.29, 1.82) is 0 Å². The molecule has 22 heavy (non-hydrogen) atoms. The predicted octanol–water partition coefficient (Wildman–Crippen LogP) is 6.44. The van der Waals surface area contributed by atoms with E-state index in [0.717, 1.165) is 12.8 Å². The van der Waals surface area contributed by atoms with Gasteiger partial charge in [0.1, 0.15) is 0 Å². The summed E-state index contributed by atoms with van der Waals surface area (Å²) < 4.78 is 5.07. The van der Waals surface area contributed by atoms with Gasteiger partial charge in [0.05, 0.1) is 6.61 Å².